The summed E-state index contributed by atoms with van der Waals surface area (Å²) in [5.41, 5.74) is 2.25. The van der Waals surface area contributed by atoms with Crippen LogP contribution in [-0.4, -0.2) is 18.6 Å². The summed E-state index contributed by atoms with van der Waals surface area (Å²) in [7, 11) is 1.44. The van der Waals surface area contributed by atoms with Crippen LogP contribution >= 0.6 is 0 Å². The van der Waals surface area contributed by atoms with E-state index in [0.29, 0.717) is 5.75 Å². The molecule has 0 aliphatic rings. The van der Waals surface area contributed by atoms with Crippen LogP contribution in [0, 0.1) is 10.1 Å². The Morgan fingerprint density at radius 1 is 1.14 bits per heavy atom. The van der Waals surface area contributed by atoms with Crippen LogP contribution in [0.3, 0.4) is 0 Å². The van der Waals surface area contributed by atoms with Crippen molar-refractivity contribution in [1.29, 1.82) is 0 Å². The molecule has 2 aromatic rings. The van der Waals surface area contributed by atoms with Crippen LogP contribution in [0.25, 0.3) is 0 Å². The molecule has 5 nitrogen and oxygen atoms in total. The van der Waals surface area contributed by atoms with Crippen LogP contribution in [0.1, 0.15) is 11.1 Å². The number of benzene rings is 2. The second-order valence-corrected chi connectivity index (χ2v) is 4.68. The third-order valence-corrected chi connectivity index (χ3v) is 3.20. The predicted molar refractivity (Wildman–Crippen MR) is 81.5 cm³/mol. The van der Waals surface area contributed by atoms with Crippen LogP contribution < -0.4 is 10.1 Å². The van der Waals surface area contributed by atoms with Crippen LogP contribution in [-0.2, 0) is 13.0 Å². The maximum atomic E-state index is 10.8. The van der Waals surface area contributed by atoms with Gasteiger partial charge in [-0.1, -0.05) is 36.4 Å². The number of hydrogen-bond donors (Lipinski definition) is 1. The SMILES string of the molecule is COc1cc(CCNCc2ccccc2)ccc1[N+](=O)[O-]. The number of nitro groups is 1. The first-order valence-corrected chi connectivity index (χ1v) is 6.76. The zero-order valence-corrected chi connectivity index (χ0v) is 11.9. The van der Waals surface area contributed by atoms with Gasteiger partial charge in [-0.3, -0.25) is 10.1 Å². The summed E-state index contributed by atoms with van der Waals surface area (Å²) in [6, 6.07) is 15.1. The van der Waals surface area contributed by atoms with E-state index >= 15 is 0 Å². The molecule has 0 aliphatic heterocycles. The summed E-state index contributed by atoms with van der Waals surface area (Å²) in [5, 5.41) is 14.2. The van der Waals surface area contributed by atoms with Gasteiger partial charge in [0.15, 0.2) is 5.75 Å². The van der Waals surface area contributed by atoms with Gasteiger partial charge in [-0.15, -0.1) is 0 Å². The Morgan fingerprint density at radius 2 is 1.90 bits per heavy atom. The summed E-state index contributed by atoms with van der Waals surface area (Å²) >= 11 is 0. The molecule has 0 aromatic heterocycles. The fourth-order valence-electron chi connectivity index (χ4n) is 2.09. The van der Waals surface area contributed by atoms with Crippen molar-refractivity contribution in [3.8, 4) is 5.75 Å². The summed E-state index contributed by atoms with van der Waals surface area (Å²) in [6.45, 7) is 1.61. The molecule has 0 unspecified atom stereocenters. The van der Waals surface area contributed by atoms with Gasteiger partial charge in [0, 0.05) is 12.6 Å². The van der Waals surface area contributed by atoms with Crippen LogP contribution in [0.15, 0.2) is 48.5 Å². The molecule has 110 valence electrons. The second-order valence-electron chi connectivity index (χ2n) is 4.68. The molecule has 2 aromatic carbocycles. The Hall–Kier alpha value is -2.40. The monoisotopic (exact) mass is 286 g/mol. The molecule has 0 atom stereocenters. The Kier molecular flexibility index (Phi) is 5.29. The molecule has 0 heterocycles. The molecular weight excluding hydrogens is 268 g/mol. The summed E-state index contributed by atoms with van der Waals surface area (Å²) in [5.74, 6) is 0.306. The Labute approximate surface area is 123 Å². The molecule has 0 aliphatic carbocycles. The number of nitro benzene ring substituents is 1. The Bertz CT molecular complexity index is 600. The van der Waals surface area contributed by atoms with E-state index in [0.717, 1.165) is 25.1 Å². The highest BCUT2D eigenvalue weighted by Crippen LogP contribution is 2.27. The van der Waals surface area contributed by atoms with E-state index in [-0.39, 0.29) is 5.69 Å². The van der Waals surface area contributed by atoms with Crippen molar-refractivity contribution < 1.29 is 9.66 Å². The van der Waals surface area contributed by atoms with Gasteiger partial charge in [-0.05, 0) is 30.2 Å². The quantitative estimate of drug-likeness (QED) is 0.483. The second kappa shape index (κ2) is 7.40. The number of ether oxygens (including phenoxy) is 1. The number of methoxy groups -OCH3 is 1. The lowest BCUT2D eigenvalue weighted by molar-refractivity contribution is -0.385. The first-order valence-electron chi connectivity index (χ1n) is 6.76. The highest BCUT2D eigenvalue weighted by molar-refractivity contribution is 5.48. The van der Waals surface area contributed by atoms with Gasteiger partial charge in [0.2, 0.25) is 0 Å². The molecule has 21 heavy (non-hydrogen) atoms. The molecule has 1 N–H and O–H groups in total. The van der Waals surface area contributed by atoms with E-state index < -0.39 is 4.92 Å². The Morgan fingerprint density at radius 3 is 2.57 bits per heavy atom. The molecule has 0 amide bonds. The van der Waals surface area contributed by atoms with E-state index in [1.165, 1.54) is 18.7 Å². The topological polar surface area (TPSA) is 64.4 Å². The maximum Gasteiger partial charge on any atom is 0.310 e. The van der Waals surface area contributed by atoms with Gasteiger partial charge in [0.1, 0.15) is 0 Å². The number of nitrogens with zero attached hydrogens (tertiary/aromatic N) is 1. The van der Waals surface area contributed by atoms with Crippen LogP contribution in [0.4, 0.5) is 5.69 Å². The highest BCUT2D eigenvalue weighted by Gasteiger charge is 2.14. The molecular formula is C16H18N2O3. The third kappa shape index (κ3) is 4.29. The normalized spacial score (nSPS) is 10.3. The minimum Gasteiger partial charge on any atom is -0.490 e. The van der Waals surface area contributed by atoms with Crippen molar-refractivity contribution >= 4 is 5.69 Å². The molecule has 2 rings (SSSR count). The maximum absolute atomic E-state index is 10.8. The van der Waals surface area contributed by atoms with Gasteiger partial charge in [-0.25, -0.2) is 0 Å². The summed E-state index contributed by atoms with van der Waals surface area (Å²) < 4.78 is 5.06. The smallest absolute Gasteiger partial charge is 0.310 e. The van der Waals surface area contributed by atoms with Crippen molar-refractivity contribution in [2.75, 3.05) is 13.7 Å². The number of nitrogens with one attached hydrogen (secondary N) is 1. The first-order chi connectivity index (χ1) is 10.2. The lowest BCUT2D eigenvalue weighted by atomic mass is 10.1. The van der Waals surface area contributed by atoms with Crippen LogP contribution in [0.2, 0.25) is 0 Å². The lowest BCUT2D eigenvalue weighted by Gasteiger charge is -2.07. The lowest BCUT2D eigenvalue weighted by Crippen LogP contribution is -2.16. The Balaban J connectivity index is 1.87. The van der Waals surface area contributed by atoms with Crippen LogP contribution in [0.5, 0.6) is 5.75 Å². The largest absolute Gasteiger partial charge is 0.490 e. The van der Waals surface area contributed by atoms with Crippen molar-refractivity contribution in [3.05, 3.63) is 69.8 Å². The van der Waals surface area contributed by atoms with Gasteiger partial charge in [0.25, 0.3) is 0 Å². The van der Waals surface area contributed by atoms with Crippen molar-refractivity contribution in [2.24, 2.45) is 0 Å². The third-order valence-electron chi connectivity index (χ3n) is 3.20. The summed E-state index contributed by atoms with van der Waals surface area (Å²) in [4.78, 5) is 10.4. The molecule has 0 bridgehead atoms. The minimum absolute atomic E-state index is 0.00139. The molecule has 0 radical (unpaired) electrons. The van der Waals surface area contributed by atoms with Gasteiger partial charge in [0.05, 0.1) is 12.0 Å². The zero-order chi connectivity index (χ0) is 15.1. The molecule has 5 heteroatoms. The molecule has 0 fully saturated rings. The number of hydrogen-bond acceptors (Lipinski definition) is 4. The van der Waals surface area contributed by atoms with Crippen molar-refractivity contribution in [2.45, 2.75) is 13.0 Å². The minimum atomic E-state index is -0.434. The number of rotatable bonds is 7. The standard InChI is InChI=1S/C16H18N2O3/c1-21-16-11-13(7-8-15(16)18(19)20)9-10-17-12-14-5-3-2-4-6-14/h2-8,11,17H,9-10,12H2,1H3. The fourth-order valence-corrected chi connectivity index (χ4v) is 2.09. The average Bonchev–Trinajstić information content (AvgIpc) is 2.52. The summed E-state index contributed by atoms with van der Waals surface area (Å²) in [6.07, 6.45) is 0.793. The van der Waals surface area contributed by atoms with Crippen molar-refractivity contribution in [1.82, 2.24) is 5.32 Å². The average molecular weight is 286 g/mol. The van der Waals surface area contributed by atoms with E-state index in [9.17, 15) is 10.1 Å². The zero-order valence-electron chi connectivity index (χ0n) is 11.9. The van der Waals surface area contributed by atoms with E-state index in [1.54, 1.807) is 12.1 Å². The van der Waals surface area contributed by atoms with E-state index in [2.05, 4.69) is 17.4 Å². The molecule has 0 spiro atoms. The fraction of sp³-hybridized carbons (Fsp3) is 0.250. The van der Waals surface area contributed by atoms with Gasteiger partial charge in [-0.2, -0.15) is 0 Å². The highest BCUT2D eigenvalue weighted by atomic mass is 16.6. The van der Waals surface area contributed by atoms with Crippen molar-refractivity contribution in [3.63, 3.8) is 0 Å². The van der Waals surface area contributed by atoms with E-state index in [4.69, 9.17) is 4.74 Å². The molecule has 0 saturated carbocycles. The predicted octanol–water partition coefficient (Wildman–Crippen LogP) is 2.94. The van der Waals surface area contributed by atoms with Gasteiger partial charge < -0.3 is 10.1 Å². The van der Waals surface area contributed by atoms with Gasteiger partial charge >= 0.3 is 5.69 Å². The first kappa shape index (κ1) is 15.0. The van der Waals surface area contributed by atoms with E-state index in [1.807, 2.05) is 18.2 Å². The molecule has 0 saturated heterocycles.